The molecule has 0 atom stereocenters. The molecule has 0 aromatic carbocycles. The number of aromatic nitrogens is 3. The topological polar surface area (TPSA) is 39.8 Å². The van der Waals surface area contributed by atoms with Crippen molar-refractivity contribution in [1.82, 2.24) is 14.3 Å². The summed E-state index contributed by atoms with van der Waals surface area (Å²) < 4.78 is 5.69. The molecule has 0 fully saturated rings. The number of thiophene rings is 1. The van der Waals surface area contributed by atoms with E-state index in [1.165, 1.54) is 0 Å². The molecule has 0 saturated heterocycles. The Bertz CT molecular complexity index is 831. The Hall–Kier alpha value is -1.40. The van der Waals surface area contributed by atoms with E-state index >= 15 is 0 Å². The number of aryl methyl sites for hydroxylation is 2. The number of fused-ring (bicyclic) bond motifs is 1. The van der Waals surface area contributed by atoms with Gasteiger partial charge in [0, 0.05) is 17.4 Å². The number of pyridine rings is 1. The zero-order chi connectivity index (χ0) is 14.3. The molecule has 0 aliphatic rings. The van der Waals surface area contributed by atoms with E-state index < -0.39 is 0 Å². The van der Waals surface area contributed by atoms with Crippen LogP contribution in [-0.2, 0) is 13.1 Å². The standard InChI is InChI=1S/C14H14BrN3OS/c1-3-18-11(13(15)9(2)16-18)8-17-6-4-12-10(14(17)19)5-7-20-12/h4-7H,3,8H2,1-2H3. The van der Waals surface area contributed by atoms with Crippen molar-refractivity contribution in [1.29, 1.82) is 0 Å². The smallest absolute Gasteiger partial charge is 0.259 e. The lowest BCUT2D eigenvalue weighted by atomic mass is 10.3. The van der Waals surface area contributed by atoms with Crippen LogP contribution in [0.25, 0.3) is 10.1 Å². The summed E-state index contributed by atoms with van der Waals surface area (Å²) in [4.78, 5) is 12.4. The molecule has 3 aromatic heterocycles. The molecule has 0 unspecified atom stereocenters. The average Bonchev–Trinajstić information content (AvgIpc) is 3.01. The van der Waals surface area contributed by atoms with Gasteiger partial charge in [0.2, 0.25) is 0 Å². The van der Waals surface area contributed by atoms with Crippen LogP contribution < -0.4 is 5.56 Å². The predicted octanol–water partition coefficient (Wildman–Crippen LogP) is 3.40. The van der Waals surface area contributed by atoms with Gasteiger partial charge in [-0.25, -0.2) is 0 Å². The number of halogens is 1. The lowest BCUT2D eigenvalue weighted by Gasteiger charge is -2.08. The maximum Gasteiger partial charge on any atom is 0.259 e. The highest BCUT2D eigenvalue weighted by Crippen LogP contribution is 2.22. The van der Waals surface area contributed by atoms with E-state index in [1.54, 1.807) is 15.9 Å². The molecular weight excluding hydrogens is 338 g/mol. The number of hydrogen-bond acceptors (Lipinski definition) is 3. The van der Waals surface area contributed by atoms with Gasteiger partial charge >= 0.3 is 0 Å². The Morgan fingerprint density at radius 2 is 2.20 bits per heavy atom. The molecule has 0 bridgehead atoms. The van der Waals surface area contributed by atoms with Crippen molar-refractivity contribution in [2.24, 2.45) is 0 Å². The van der Waals surface area contributed by atoms with Gasteiger partial charge in [0.1, 0.15) is 0 Å². The van der Waals surface area contributed by atoms with E-state index in [2.05, 4.69) is 21.0 Å². The molecule has 0 radical (unpaired) electrons. The molecule has 3 aromatic rings. The van der Waals surface area contributed by atoms with Crippen molar-refractivity contribution in [2.75, 3.05) is 0 Å². The van der Waals surface area contributed by atoms with Gasteiger partial charge in [0.15, 0.2) is 0 Å². The first-order chi connectivity index (χ1) is 9.61. The molecule has 6 heteroatoms. The number of hydrogen-bond donors (Lipinski definition) is 0. The summed E-state index contributed by atoms with van der Waals surface area (Å²) in [6.07, 6.45) is 1.86. The maximum absolute atomic E-state index is 12.4. The minimum absolute atomic E-state index is 0.0529. The van der Waals surface area contributed by atoms with Crippen LogP contribution >= 0.6 is 27.3 Å². The summed E-state index contributed by atoms with van der Waals surface area (Å²) in [5, 5.41) is 7.20. The Balaban J connectivity index is 2.09. The Morgan fingerprint density at radius 3 is 2.95 bits per heavy atom. The Kier molecular flexibility index (Phi) is 3.52. The fraction of sp³-hybridized carbons (Fsp3) is 0.286. The van der Waals surface area contributed by atoms with Crippen LogP contribution in [0, 0.1) is 6.92 Å². The van der Waals surface area contributed by atoms with Crippen molar-refractivity contribution < 1.29 is 0 Å². The minimum atomic E-state index is 0.0529. The third kappa shape index (κ3) is 2.13. The summed E-state index contributed by atoms with van der Waals surface area (Å²) >= 11 is 5.16. The molecule has 0 spiro atoms. The second-order valence-corrected chi connectivity index (χ2v) is 6.35. The normalized spacial score (nSPS) is 11.3. The summed E-state index contributed by atoms with van der Waals surface area (Å²) in [6.45, 7) is 5.33. The van der Waals surface area contributed by atoms with Crippen LogP contribution in [0.15, 0.2) is 33.0 Å². The fourth-order valence-corrected chi connectivity index (χ4v) is 3.49. The maximum atomic E-state index is 12.4. The molecule has 3 rings (SSSR count). The molecular formula is C14H14BrN3OS. The van der Waals surface area contributed by atoms with E-state index in [-0.39, 0.29) is 5.56 Å². The quantitative estimate of drug-likeness (QED) is 0.725. The summed E-state index contributed by atoms with van der Waals surface area (Å²) in [5.74, 6) is 0. The van der Waals surface area contributed by atoms with Gasteiger partial charge in [-0.2, -0.15) is 5.10 Å². The third-order valence-electron chi connectivity index (χ3n) is 3.37. The first-order valence-electron chi connectivity index (χ1n) is 6.40. The second-order valence-electron chi connectivity index (χ2n) is 4.61. The Morgan fingerprint density at radius 1 is 1.40 bits per heavy atom. The zero-order valence-electron chi connectivity index (χ0n) is 11.3. The highest BCUT2D eigenvalue weighted by atomic mass is 79.9. The van der Waals surface area contributed by atoms with Crippen molar-refractivity contribution in [3.05, 3.63) is 49.9 Å². The van der Waals surface area contributed by atoms with E-state index in [0.717, 1.165) is 32.5 Å². The van der Waals surface area contributed by atoms with Crippen molar-refractivity contribution >= 4 is 37.4 Å². The monoisotopic (exact) mass is 351 g/mol. The molecule has 3 heterocycles. The van der Waals surface area contributed by atoms with Crippen LogP contribution in [-0.4, -0.2) is 14.3 Å². The first-order valence-corrected chi connectivity index (χ1v) is 8.07. The lowest BCUT2D eigenvalue weighted by Crippen LogP contribution is -2.21. The van der Waals surface area contributed by atoms with Gasteiger partial charge in [-0.1, -0.05) is 0 Å². The fourth-order valence-electron chi connectivity index (χ4n) is 2.31. The largest absolute Gasteiger partial charge is 0.309 e. The summed E-state index contributed by atoms with van der Waals surface area (Å²) in [5.41, 5.74) is 2.03. The van der Waals surface area contributed by atoms with Crippen molar-refractivity contribution in [3.63, 3.8) is 0 Å². The van der Waals surface area contributed by atoms with Gasteiger partial charge in [0.25, 0.3) is 5.56 Å². The SMILES string of the molecule is CCn1nc(C)c(Br)c1Cn1ccc2sccc2c1=O. The molecule has 20 heavy (non-hydrogen) atoms. The molecule has 0 aliphatic heterocycles. The third-order valence-corrected chi connectivity index (χ3v) is 5.28. The number of rotatable bonds is 3. The van der Waals surface area contributed by atoms with Gasteiger partial charge < -0.3 is 4.57 Å². The minimum Gasteiger partial charge on any atom is -0.309 e. The first kappa shape index (κ1) is 13.6. The highest BCUT2D eigenvalue weighted by Gasteiger charge is 2.13. The average molecular weight is 352 g/mol. The molecule has 4 nitrogen and oxygen atoms in total. The van der Waals surface area contributed by atoms with Crippen LogP contribution in [0.5, 0.6) is 0 Å². The number of nitrogens with zero attached hydrogens (tertiary/aromatic N) is 3. The second kappa shape index (κ2) is 5.18. The van der Waals surface area contributed by atoms with E-state index in [1.807, 2.05) is 42.2 Å². The van der Waals surface area contributed by atoms with Gasteiger partial charge in [0.05, 0.1) is 27.8 Å². The van der Waals surface area contributed by atoms with Gasteiger partial charge in [-0.15, -0.1) is 11.3 Å². The molecule has 104 valence electrons. The van der Waals surface area contributed by atoms with Crippen molar-refractivity contribution in [3.8, 4) is 0 Å². The molecule has 0 N–H and O–H groups in total. The van der Waals surface area contributed by atoms with E-state index in [9.17, 15) is 4.79 Å². The van der Waals surface area contributed by atoms with E-state index in [4.69, 9.17) is 0 Å². The van der Waals surface area contributed by atoms with Crippen LogP contribution in [0.1, 0.15) is 18.3 Å². The molecule has 0 aliphatic carbocycles. The van der Waals surface area contributed by atoms with Crippen LogP contribution in [0.2, 0.25) is 0 Å². The van der Waals surface area contributed by atoms with Gasteiger partial charge in [-0.05, 0) is 47.3 Å². The van der Waals surface area contributed by atoms with Gasteiger partial charge in [-0.3, -0.25) is 9.48 Å². The van der Waals surface area contributed by atoms with E-state index in [0.29, 0.717) is 6.54 Å². The molecule has 0 amide bonds. The van der Waals surface area contributed by atoms with Crippen molar-refractivity contribution in [2.45, 2.75) is 26.9 Å². The lowest BCUT2D eigenvalue weighted by molar-refractivity contribution is 0.592. The van der Waals surface area contributed by atoms with Crippen LogP contribution in [0.3, 0.4) is 0 Å². The van der Waals surface area contributed by atoms with Crippen LogP contribution in [0.4, 0.5) is 0 Å². The highest BCUT2D eigenvalue weighted by molar-refractivity contribution is 9.10. The summed E-state index contributed by atoms with van der Waals surface area (Å²) in [7, 11) is 0. The summed E-state index contributed by atoms with van der Waals surface area (Å²) in [6, 6.07) is 3.88. The molecule has 0 saturated carbocycles. The predicted molar refractivity (Wildman–Crippen MR) is 85.5 cm³/mol. The zero-order valence-corrected chi connectivity index (χ0v) is 13.7. The Labute approximate surface area is 128 Å².